The van der Waals surface area contributed by atoms with Crippen LogP contribution in [0.15, 0.2) is 91.0 Å². The molecule has 4 aromatic rings. The van der Waals surface area contributed by atoms with E-state index in [9.17, 15) is 4.79 Å². The number of fused-ring (bicyclic) bond motifs is 2. The van der Waals surface area contributed by atoms with E-state index in [1.165, 1.54) is 16.8 Å². The van der Waals surface area contributed by atoms with Gasteiger partial charge in [-0.2, -0.15) is 0 Å². The number of benzene rings is 4. The van der Waals surface area contributed by atoms with Gasteiger partial charge >= 0.3 is 6.09 Å². The van der Waals surface area contributed by atoms with Crippen LogP contribution in [-0.4, -0.2) is 12.6 Å². The third-order valence-electron chi connectivity index (χ3n) is 6.09. The smallest absolute Gasteiger partial charge is 0.410 e. The van der Waals surface area contributed by atoms with Crippen molar-refractivity contribution < 1.29 is 9.53 Å². The number of anilines is 1. The fraction of sp³-hybridized carbons (Fsp3) is 0.179. The predicted octanol–water partition coefficient (Wildman–Crippen LogP) is 6.25. The molecule has 4 aromatic carbocycles. The van der Waals surface area contributed by atoms with Gasteiger partial charge in [-0.15, -0.1) is 0 Å². The summed E-state index contributed by atoms with van der Waals surface area (Å²) in [6, 6.07) is 30.6. The van der Waals surface area contributed by atoms with E-state index in [4.69, 9.17) is 4.74 Å². The van der Waals surface area contributed by atoms with E-state index in [1.807, 2.05) is 49.4 Å². The molecule has 1 N–H and O–H groups in total. The number of ether oxygens (including phenoxy) is 1. The summed E-state index contributed by atoms with van der Waals surface area (Å²) in [4.78, 5) is 15.0. The maximum Gasteiger partial charge on any atom is 0.413 e. The Kier molecular flexibility index (Phi) is 5.51. The number of hydrogen-bond donors (Lipinski definition) is 1. The first-order chi connectivity index (χ1) is 15.7. The van der Waals surface area contributed by atoms with E-state index in [1.54, 1.807) is 0 Å². The average Bonchev–Trinajstić information content (AvgIpc) is 3.21. The summed E-state index contributed by atoms with van der Waals surface area (Å²) in [6.45, 7) is 3.84. The molecule has 1 amide bonds. The number of hydrogen-bond acceptors (Lipinski definition) is 3. The zero-order valence-electron chi connectivity index (χ0n) is 18.1. The summed E-state index contributed by atoms with van der Waals surface area (Å²) in [7, 11) is 0. The molecule has 32 heavy (non-hydrogen) atoms. The lowest BCUT2D eigenvalue weighted by Gasteiger charge is -2.20. The Hall–Kier alpha value is -3.79. The van der Waals surface area contributed by atoms with Gasteiger partial charge in [0, 0.05) is 18.8 Å². The van der Waals surface area contributed by atoms with Gasteiger partial charge in [-0.3, -0.25) is 0 Å². The maximum absolute atomic E-state index is 12.6. The zero-order valence-corrected chi connectivity index (χ0v) is 18.1. The third kappa shape index (κ3) is 4.17. The first-order valence-electron chi connectivity index (χ1n) is 11.1. The van der Waals surface area contributed by atoms with Gasteiger partial charge in [0.25, 0.3) is 0 Å². The van der Waals surface area contributed by atoms with Crippen LogP contribution in [0.3, 0.4) is 0 Å². The molecule has 0 saturated carbocycles. The van der Waals surface area contributed by atoms with Crippen molar-refractivity contribution in [2.75, 3.05) is 11.4 Å². The predicted molar refractivity (Wildman–Crippen MR) is 129 cm³/mol. The zero-order chi connectivity index (χ0) is 21.9. The molecule has 0 aromatic heterocycles. The summed E-state index contributed by atoms with van der Waals surface area (Å²) in [5.74, 6) is 0.577. The van der Waals surface area contributed by atoms with Crippen LogP contribution in [0.2, 0.25) is 0 Å². The number of amides is 1. The van der Waals surface area contributed by atoms with Crippen molar-refractivity contribution in [2.45, 2.75) is 25.9 Å². The van der Waals surface area contributed by atoms with E-state index in [2.05, 4.69) is 58.7 Å². The van der Waals surface area contributed by atoms with Crippen molar-refractivity contribution in [3.8, 4) is 5.75 Å². The van der Waals surface area contributed by atoms with E-state index in [0.717, 1.165) is 35.8 Å². The Labute approximate surface area is 188 Å². The first-order valence-corrected chi connectivity index (χ1v) is 11.1. The van der Waals surface area contributed by atoms with Gasteiger partial charge in [0.1, 0.15) is 5.75 Å². The molecule has 4 nitrogen and oxygen atoms in total. The van der Waals surface area contributed by atoms with Crippen molar-refractivity contribution in [1.82, 2.24) is 5.32 Å². The lowest BCUT2D eigenvalue weighted by atomic mass is 10.00. The molecule has 5 rings (SSSR count). The second-order valence-corrected chi connectivity index (χ2v) is 8.27. The highest BCUT2D eigenvalue weighted by molar-refractivity contribution is 5.86. The standard InChI is InChI=1S/C28H26N2O2/c1-20(25-13-7-11-22-10-5-6-12-26(22)25)29-28(31)32-24-14-15-27-23(18-24)16-17-30(27)19-21-8-3-2-4-9-21/h2-15,18,20H,16-17,19H2,1H3,(H,29,31)/t20-/m0/s1. The Bertz CT molecular complexity index is 1250. The van der Waals surface area contributed by atoms with Crippen molar-refractivity contribution >= 4 is 22.6 Å². The highest BCUT2D eigenvalue weighted by Gasteiger charge is 2.21. The molecule has 160 valence electrons. The van der Waals surface area contributed by atoms with E-state index in [0.29, 0.717) is 5.75 Å². The summed E-state index contributed by atoms with van der Waals surface area (Å²) in [5.41, 5.74) is 4.80. The molecule has 1 aliphatic rings. The maximum atomic E-state index is 12.6. The summed E-state index contributed by atoms with van der Waals surface area (Å²) < 4.78 is 5.63. The Balaban J connectivity index is 1.25. The lowest BCUT2D eigenvalue weighted by molar-refractivity contribution is 0.197. The van der Waals surface area contributed by atoms with Gasteiger partial charge in [0.2, 0.25) is 0 Å². The molecule has 1 heterocycles. The first kappa shape index (κ1) is 20.1. The largest absolute Gasteiger partial charge is 0.413 e. The molecule has 0 saturated heterocycles. The van der Waals surface area contributed by atoms with Gasteiger partial charge in [-0.1, -0.05) is 72.8 Å². The van der Waals surface area contributed by atoms with Crippen LogP contribution < -0.4 is 15.0 Å². The number of carbonyl (C=O) groups excluding carboxylic acids is 1. The minimum absolute atomic E-state index is 0.163. The van der Waals surface area contributed by atoms with E-state index in [-0.39, 0.29) is 6.04 Å². The molecule has 1 aliphatic heterocycles. The SMILES string of the molecule is C[C@H](NC(=O)Oc1ccc2c(c1)CCN2Cc1ccccc1)c1cccc2ccccc12. The summed E-state index contributed by atoms with van der Waals surface area (Å²) >= 11 is 0. The Morgan fingerprint density at radius 3 is 2.62 bits per heavy atom. The average molecular weight is 423 g/mol. The molecular formula is C28H26N2O2. The lowest BCUT2D eigenvalue weighted by Crippen LogP contribution is -2.29. The molecule has 0 aliphatic carbocycles. The third-order valence-corrected chi connectivity index (χ3v) is 6.09. The van der Waals surface area contributed by atoms with Crippen molar-refractivity contribution in [1.29, 1.82) is 0 Å². The molecule has 0 fully saturated rings. The number of carbonyl (C=O) groups is 1. The van der Waals surface area contributed by atoms with Gasteiger partial charge in [0.15, 0.2) is 0 Å². The molecule has 0 bridgehead atoms. The minimum atomic E-state index is -0.440. The molecule has 1 atom stereocenters. The van der Waals surface area contributed by atoms with Crippen molar-refractivity contribution in [2.24, 2.45) is 0 Å². The monoisotopic (exact) mass is 422 g/mol. The molecule has 0 spiro atoms. The number of nitrogens with zero attached hydrogens (tertiary/aromatic N) is 1. The van der Waals surface area contributed by atoms with Crippen LogP contribution in [-0.2, 0) is 13.0 Å². The molecule has 0 radical (unpaired) electrons. The second kappa shape index (κ2) is 8.75. The number of nitrogens with one attached hydrogen (secondary N) is 1. The quantitative estimate of drug-likeness (QED) is 0.413. The molecule has 4 heteroatoms. The van der Waals surface area contributed by atoms with Crippen LogP contribution in [0, 0.1) is 0 Å². The highest BCUT2D eigenvalue weighted by atomic mass is 16.6. The topological polar surface area (TPSA) is 41.6 Å². The minimum Gasteiger partial charge on any atom is -0.410 e. The van der Waals surface area contributed by atoms with Crippen LogP contribution in [0.25, 0.3) is 10.8 Å². The fourth-order valence-corrected chi connectivity index (χ4v) is 4.50. The van der Waals surface area contributed by atoms with Crippen LogP contribution >= 0.6 is 0 Å². The summed E-state index contributed by atoms with van der Waals surface area (Å²) in [5, 5.41) is 5.27. The fourth-order valence-electron chi connectivity index (χ4n) is 4.50. The highest BCUT2D eigenvalue weighted by Crippen LogP contribution is 2.32. The van der Waals surface area contributed by atoms with Gasteiger partial charge in [-0.25, -0.2) is 4.79 Å². The number of rotatable bonds is 5. The van der Waals surface area contributed by atoms with Crippen molar-refractivity contribution in [3.05, 3.63) is 108 Å². The molecular weight excluding hydrogens is 396 g/mol. The Morgan fingerprint density at radius 1 is 0.969 bits per heavy atom. The van der Waals surface area contributed by atoms with Crippen LogP contribution in [0.5, 0.6) is 5.75 Å². The molecule has 0 unspecified atom stereocenters. The van der Waals surface area contributed by atoms with Crippen LogP contribution in [0.4, 0.5) is 10.5 Å². The van der Waals surface area contributed by atoms with Gasteiger partial charge < -0.3 is 15.0 Å². The van der Waals surface area contributed by atoms with E-state index < -0.39 is 6.09 Å². The van der Waals surface area contributed by atoms with Crippen LogP contribution in [0.1, 0.15) is 29.7 Å². The summed E-state index contributed by atoms with van der Waals surface area (Å²) in [6.07, 6.45) is 0.512. The van der Waals surface area contributed by atoms with Gasteiger partial charge in [0.05, 0.1) is 6.04 Å². The second-order valence-electron chi connectivity index (χ2n) is 8.27. The van der Waals surface area contributed by atoms with Crippen molar-refractivity contribution in [3.63, 3.8) is 0 Å². The van der Waals surface area contributed by atoms with E-state index >= 15 is 0 Å². The van der Waals surface area contributed by atoms with Gasteiger partial charge in [-0.05, 0) is 59.0 Å². The Morgan fingerprint density at radius 2 is 1.75 bits per heavy atom. The normalized spacial score (nSPS) is 13.6.